The predicted molar refractivity (Wildman–Crippen MR) is 58.0 cm³/mol. The van der Waals surface area contributed by atoms with Gasteiger partial charge in [0.15, 0.2) is 0 Å². The van der Waals surface area contributed by atoms with Crippen LogP contribution in [0, 0.1) is 0 Å². The number of nitrogens with one attached hydrogen (secondary N) is 1. The summed E-state index contributed by atoms with van der Waals surface area (Å²) in [5, 5.41) is 0. The molecular formula is C11H20N2O2. The van der Waals surface area contributed by atoms with E-state index < -0.39 is 0 Å². The molecule has 86 valence electrons. The number of rotatable bonds is 3. The summed E-state index contributed by atoms with van der Waals surface area (Å²) in [4.78, 5) is 0. The summed E-state index contributed by atoms with van der Waals surface area (Å²) in [6.45, 7) is 1.65. The highest BCUT2D eigenvalue weighted by Crippen LogP contribution is 2.22. The maximum atomic E-state index is 5.72. The minimum absolute atomic E-state index is 0.0330. The van der Waals surface area contributed by atoms with Crippen LogP contribution in [0.2, 0.25) is 0 Å². The predicted octanol–water partition coefficient (Wildman–Crippen LogP) is 1.08. The summed E-state index contributed by atoms with van der Waals surface area (Å²) in [6, 6.07) is 0.0330. The van der Waals surface area contributed by atoms with Gasteiger partial charge in [-0.2, -0.15) is 0 Å². The van der Waals surface area contributed by atoms with Crippen LogP contribution in [-0.2, 0) is 9.47 Å². The number of hydrogen-bond acceptors (Lipinski definition) is 4. The van der Waals surface area contributed by atoms with Gasteiger partial charge in [0.25, 0.3) is 0 Å². The highest BCUT2D eigenvalue weighted by atomic mass is 16.5. The fraction of sp³-hybridized carbons (Fsp3) is 0.818. The summed E-state index contributed by atoms with van der Waals surface area (Å²) in [7, 11) is 0. The second-order valence-corrected chi connectivity index (χ2v) is 4.15. The molecule has 4 nitrogen and oxygen atoms in total. The molecule has 2 aliphatic rings. The molecule has 2 atom stereocenters. The number of hydrogen-bond donors (Lipinski definition) is 2. The Balaban J connectivity index is 1.98. The first-order valence-electron chi connectivity index (χ1n) is 5.82. The first-order chi connectivity index (χ1) is 7.42. The Kier molecular flexibility index (Phi) is 4.00. The summed E-state index contributed by atoms with van der Waals surface area (Å²) in [6.07, 6.45) is 7.94. The zero-order valence-electron chi connectivity index (χ0n) is 9.08. The average molecular weight is 212 g/mol. The summed E-state index contributed by atoms with van der Waals surface area (Å²) >= 11 is 0. The Hall–Kier alpha value is -0.580. The van der Waals surface area contributed by atoms with Crippen molar-refractivity contribution in [2.75, 3.05) is 13.2 Å². The molecule has 1 fully saturated rings. The van der Waals surface area contributed by atoms with Crippen molar-refractivity contribution in [3.63, 3.8) is 0 Å². The molecule has 2 unspecified atom stereocenters. The maximum Gasteiger partial charge on any atom is 0.113 e. The fourth-order valence-corrected chi connectivity index (χ4v) is 2.19. The Morgan fingerprint density at radius 2 is 2.27 bits per heavy atom. The van der Waals surface area contributed by atoms with Crippen molar-refractivity contribution in [3.05, 3.63) is 11.8 Å². The van der Waals surface area contributed by atoms with E-state index in [4.69, 9.17) is 15.3 Å². The van der Waals surface area contributed by atoms with E-state index in [0.29, 0.717) is 0 Å². The van der Waals surface area contributed by atoms with E-state index in [2.05, 4.69) is 11.5 Å². The topological polar surface area (TPSA) is 56.5 Å². The molecule has 2 rings (SSSR count). The van der Waals surface area contributed by atoms with Crippen molar-refractivity contribution in [3.8, 4) is 0 Å². The molecule has 0 saturated carbocycles. The van der Waals surface area contributed by atoms with Crippen molar-refractivity contribution in [2.45, 2.75) is 44.2 Å². The average Bonchev–Trinajstić information content (AvgIpc) is 2.33. The third kappa shape index (κ3) is 2.71. The molecule has 0 aliphatic carbocycles. The van der Waals surface area contributed by atoms with Gasteiger partial charge in [-0.25, -0.2) is 5.43 Å². The zero-order chi connectivity index (χ0) is 10.5. The van der Waals surface area contributed by atoms with E-state index in [-0.39, 0.29) is 12.1 Å². The van der Waals surface area contributed by atoms with Crippen molar-refractivity contribution in [1.82, 2.24) is 5.43 Å². The van der Waals surface area contributed by atoms with Crippen LogP contribution in [0.5, 0.6) is 0 Å². The van der Waals surface area contributed by atoms with Gasteiger partial charge in [-0.15, -0.1) is 0 Å². The molecule has 1 saturated heterocycles. The first kappa shape index (κ1) is 10.9. The Labute approximate surface area is 90.8 Å². The van der Waals surface area contributed by atoms with Crippen LogP contribution in [0.3, 0.4) is 0 Å². The number of allylic oxidation sites excluding steroid dienone is 1. The molecule has 0 spiro atoms. The molecule has 15 heavy (non-hydrogen) atoms. The Morgan fingerprint density at radius 3 is 2.87 bits per heavy atom. The van der Waals surface area contributed by atoms with Crippen molar-refractivity contribution in [2.24, 2.45) is 5.84 Å². The highest BCUT2D eigenvalue weighted by molar-refractivity contribution is 5.08. The van der Waals surface area contributed by atoms with E-state index in [0.717, 1.165) is 44.7 Å². The van der Waals surface area contributed by atoms with Gasteiger partial charge in [0.2, 0.25) is 0 Å². The van der Waals surface area contributed by atoms with Crippen LogP contribution < -0.4 is 11.3 Å². The van der Waals surface area contributed by atoms with E-state index in [1.165, 1.54) is 6.42 Å². The maximum absolute atomic E-state index is 5.72. The van der Waals surface area contributed by atoms with Gasteiger partial charge in [0.05, 0.1) is 12.7 Å². The molecule has 0 amide bonds. The smallest absolute Gasteiger partial charge is 0.113 e. The van der Waals surface area contributed by atoms with Crippen LogP contribution in [0.4, 0.5) is 0 Å². The third-order valence-corrected chi connectivity index (χ3v) is 3.04. The van der Waals surface area contributed by atoms with Gasteiger partial charge in [0, 0.05) is 6.61 Å². The van der Waals surface area contributed by atoms with Gasteiger partial charge in [0.1, 0.15) is 11.8 Å². The number of nitrogens with two attached hydrogens (primary N) is 1. The quantitative estimate of drug-likeness (QED) is 0.543. The van der Waals surface area contributed by atoms with Gasteiger partial charge in [-0.3, -0.25) is 5.84 Å². The molecule has 0 radical (unpaired) electrons. The van der Waals surface area contributed by atoms with Crippen LogP contribution in [0.25, 0.3) is 0 Å². The normalized spacial score (nSPS) is 29.1. The summed E-state index contributed by atoms with van der Waals surface area (Å²) in [5.41, 5.74) is 2.82. The van der Waals surface area contributed by atoms with E-state index in [9.17, 15) is 0 Å². The molecular weight excluding hydrogens is 192 g/mol. The molecule has 0 aromatic carbocycles. The van der Waals surface area contributed by atoms with Crippen LogP contribution >= 0.6 is 0 Å². The minimum atomic E-state index is 0.0330. The van der Waals surface area contributed by atoms with Gasteiger partial charge >= 0.3 is 0 Å². The van der Waals surface area contributed by atoms with Crippen molar-refractivity contribution in [1.29, 1.82) is 0 Å². The van der Waals surface area contributed by atoms with E-state index >= 15 is 0 Å². The Bertz CT molecular complexity index is 225. The SMILES string of the molecule is NNC(C1=CCCCO1)C1CCCCO1. The minimum Gasteiger partial charge on any atom is -0.496 e. The highest BCUT2D eigenvalue weighted by Gasteiger charge is 2.28. The third-order valence-electron chi connectivity index (χ3n) is 3.04. The molecule has 0 aromatic rings. The van der Waals surface area contributed by atoms with Crippen molar-refractivity contribution < 1.29 is 9.47 Å². The molecule has 2 heterocycles. The van der Waals surface area contributed by atoms with Gasteiger partial charge in [-0.05, 0) is 38.2 Å². The van der Waals surface area contributed by atoms with Crippen LogP contribution in [0.1, 0.15) is 32.1 Å². The second kappa shape index (κ2) is 5.49. The molecule has 0 bridgehead atoms. The zero-order valence-corrected chi connectivity index (χ0v) is 9.08. The molecule has 4 heteroatoms. The van der Waals surface area contributed by atoms with E-state index in [1.54, 1.807) is 0 Å². The summed E-state index contributed by atoms with van der Waals surface area (Å²) < 4.78 is 11.3. The number of ether oxygens (including phenoxy) is 2. The van der Waals surface area contributed by atoms with Crippen LogP contribution in [0.15, 0.2) is 11.8 Å². The monoisotopic (exact) mass is 212 g/mol. The molecule has 2 aliphatic heterocycles. The fourth-order valence-electron chi connectivity index (χ4n) is 2.19. The van der Waals surface area contributed by atoms with Crippen molar-refractivity contribution >= 4 is 0 Å². The molecule has 3 N–H and O–H groups in total. The lowest BCUT2D eigenvalue weighted by atomic mass is 9.99. The Morgan fingerprint density at radius 1 is 1.33 bits per heavy atom. The second-order valence-electron chi connectivity index (χ2n) is 4.15. The lowest BCUT2D eigenvalue weighted by Gasteiger charge is -2.32. The first-order valence-corrected chi connectivity index (χ1v) is 5.82. The lowest BCUT2D eigenvalue weighted by molar-refractivity contribution is -0.0140. The lowest BCUT2D eigenvalue weighted by Crippen LogP contribution is -2.48. The number of hydrazine groups is 1. The molecule has 0 aromatic heterocycles. The van der Waals surface area contributed by atoms with Crippen LogP contribution in [-0.4, -0.2) is 25.4 Å². The van der Waals surface area contributed by atoms with Gasteiger partial charge < -0.3 is 9.47 Å². The van der Waals surface area contributed by atoms with E-state index in [1.807, 2.05) is 0 Å². The largest absolute Gasteiger partial charge is 0.496 e. The standard InChI is InChI=1S/C11H20N2O2/c12-13-11(9-5-1-3-7-14-9)10-6-2-4-8-15-10/h5,10-11,13H,1-4,6-8,12H2. The summed E-state index contributed by atoms with van der Waals surface area (Å²) in [5.74, 6) is 6.55. The van der Waals surface area contributed by atoms with Gasteiger partial charge in [-0.1, -0.05) is 0 Å².